The van der Waals surface area contributed by atoms with E-state index in [-0.39, 0.29) is 17.8 Å². The number of hydrogen-bond donors (Lipinski definition) is 4. The summed E-state index contributed by atoms with van der Waals surface area (Å²) in [7, 11) is 0. The van der Waals surface area contributed by atoms with Crippen molar-refractivity contribution in [3.05, 3.63) is 4.88 Å². The van der Waals surface area contributed by atoms with E-state index in [1.165, 1.54) is 11.3 Å². The van der Waals surface area contributed by atoms with Crippen molar-refractivity contribution >= 4 is 28.2 Å². The van der Waals surface area contributed by atoms with Crippen LogP contribution >= 0.6 is 11.3 Å². The summed E-state index contributed by atoms with van der Waals surface area (Å²) in [6.45, 7) is 2.73. The lowest BCUT2D eigenvalue weighted by Crippen LogP contribution is -2.26. The van der Waals surface area contributed by atoms with Crippen molar-refractivity contribution in [2.24, 2.45) is 11.5 Å². The van der Waals surface area contributed by atoms with Crippen molar-refractivity contribution in [3.8, 4) is 0 Å². The zero-order valence-corrected chi connectivity index (χ0v) is 11.6. The highest BCUT2D eigenvalue weighted by atomic mass is 32.1. The van der Waals surface area contributed by atoms with Crippen LogP contribution in [0.15, 0.2) is 0 Å². The van der Waals surface area contributed by atoms with Crippen LogP contribution in [0.1, 0.15) is 22.5 Å². The van der Waals surface area contributed by atoms with E-state index in [0.717, 1.165) is 31.1 Å². The van der Waals surface area contributed by atoms with Gasteiger partial charge in [0.2, 0.25) is 0 Å². The Labute approximate surface area is 116 Å². The van der Waals surface area contributed by atoms with E-state index in [1.807, 2.05) is 0 Å². The van der Waals surface area contributed by atoms with Crippen LogP contribution in [0.2, 0.25) is 0 Å². The van der Waals surface area contributed by atoms with E-state index in [4.69, 9.17) is 17.2 Å². The number of nitrogens with two attached hydrogens (primary N) is 3. The molecule has 19 heavy (non-hydrogen) atoms. The molecule has 1 atom stereocenters. The number of aromatic nitrogens is 1. The third kappa shape index (κ3) is 3.34. The SMILES string of the molecule is NCCCNC(=O)c1sc(N2CCC(N)C2)nc1N. The number of anilines is 2. The van der Waals surface area contributed by atoms with E-state index in [0.29, 0.717) is 18.0 Å². The fourth-order valence-corrected chi connectivity index (χ4v) is 2.90. The van der Waals surface area contributed by atoms with Crippen LogP contribution in [0.4, 0.5) is 10.9 Å². The molecule has 1 aromatic heterocycles. The predicted octanol–water partition coefficient (Wildman–Crippen LogP) is -0.659. The highest BCUT2D eigenvalue weighted by Crippen LogP contribution is 2.30. The van der Waals surface area contributed by atoms with Crippen molar-refractivity contribution in [3.63, 3.8) is 0 Å². The maximum Gasteiger partial charge on any atom is 0.265 e. The second-order valence-corrected chi connectivity index (χ2v) is 5.58. The molecule has 8 heteroatoms. The summed E-state index contributed by atoms with van der Waals surface area (Å²) in [5.41, 5.74) is 17.0. The molecule has 106 valence electrons. The topological polar surface area (TPSA) is 123 Å². The summed E-state index contributed by atoms with van der Waals surface area (Å²) < 4.78 is 0. The Morgan fingerprint density at radius 2 is 2.37 bits per heavy atom. The minimum Gasteiger partial charge on any atom is -0.382 e. The molecule has 1 amide bonds. The van der Waals surface area contributed by atoms with Gasteiger partial charge in [0, 0.05) is 25.7 Å². The number of carbonyl (C=O) groups is 1. The Kier molecular flexibility index (Phi) is 4.56. The van der Waals surface area contributed by atoms with Gasteiger partial charge in [0.15, 0.2) is 5.13 Å². The van der Waals surface area contributed by atoms with Crippen LogP contribution in [0.25, 0.3) is 0 Å². The van der Waals surface area contributed by atoms with Gasteiger partial charge in [-0.15, -0.1) is 0 Å². The number of rotatable bonds is 5. The van der Waals surface area contributed by atoms with Gasteiger partial charge in [0.05, 0.1) is 0 Å². The minimum atomic E-state index is -0.182. The van der Waals surface area contributed by atoms with Gasteiger partial charge in [0.1, 0.15) is 10.7 Å². The van der Waals surface area contributed by atoms with Crippen LogP contribution in [0.3, 0.4) is 0 Å². The first-order valence-electron chi connectivity index (χ1n) is 6.37. The maximum absolute atomic E-state index is 11.9. The molecular formula is C11H20N6OS. The van der Waals surface area contributed by atoms with Crippen molar-refractivity contribution in [1.82, 2.24) is 10.3 Å². The average molecular weight is 284 g/mol. The average Bonchev–Trinajstić information content (AvgIpc) is 2.95. The van der Waals surface area contributed by atoms with E-state index >= 15 is 0 Å². The lowest BCUT2D eigenvalue weighted by molar-refractivity contribution is 0.0958. The molecule has 1 aliphatic heterocycles. The molecule has 7 N–H and O–H groups in total. The minimum absolute atomic E-state index is 0.173. The quantitative estimate of drug-likeness (QED) is 0.532. The summed E-state index contributed by atoms with van der Waals surface area (Å²) in [5.74, 6) is 0.101. The standard InChI is InChI=1S/C11H20N6OS/c12-3-1-4-15-10(18)8-9(14)16-11(19-8)17-5-2-7(13)6-17/h7H,1-6,12-14H2,(H,15,18). The number of nitrogens with one attached hydrogen (secondary N) is 1. The van der Waals surface area contributed by atoms with E-state index in [1.54, 1.807) is 0 Å². The lowest BCUT2D eigenvalue weighted by Gasteiger charge is -2.12. The van der Waals surface area contributed by atoms with Gasteiger partial charge in [-0.2, -0.15) is 0 Å². The summed E-state index contributed by atoms with van der Waals surface area (Å²) in [4.78, 5) is 18.7. The summed E-state index contributed by atoms with van der Waals surface area (Å²) in [6.07, 6.45) is 1.69. The molecule has 1 aliphatic rings. The van der Waals surface area contributed by atoms with Gasteiger partial charge in [0.25, 0.3) is 5.91 Å². The zero-order chi connectivity index (χ0) is 13.8. The molecule has 0 saturated carbocycles. The van der Waals surface area contributed by atoms with Crippen LogP contribution in [0.5, 0.6) is 0 Å². The van der Waals surface area contributed by atoms with E-state index < -0.39 is 0 Å². The fraction of sp³-hybridized carbons (Fsp3) is 0.636. The second kappa shape index (κ2) is 6.18. The highest BCUT2D eigenvalue weighted by Gasteiger charge is 2.24. The Morgan fingerprint density at radius 3 is 3.00 bits per heavy atom. The van der Waals surface area contributed by atoms with E-state index in [9.17, 15) is 4.79 Å². The molecule has 1 unspecified atom stereocenters. The Balaban J connectivity index is 2.02. The smallest absolute Gasteiger partial charge is 0.265 e. The third-order valence-electron chi connectivity index (χ3n) is 3.01. The molecule has 2 rings (SSSR count). The van der Waals surface area contributed by atoms with Crippen molar-refractivity contribution in [1.29, 1.82) is 0 Å². The molecule has 0 aliphatic carbocycles. The van der Waals surface area contributed by atoms with Crippen LogP contribution in [-0.2, 0) is 0 Å². The van der Waals surface area contributed by atoms with Crippen molar-refractivity contribution < 1.29 is 4.79 Å². The lowest BCUT2D eigenvalue weighted by atomic mass is 10.3. The van der Waals surface area contributed by atoms with Gasteiger partial charge in [-0.25, -0.2) is 4.98 Å². The van der Waals surface area contributed by atoms with Gasteiger partial charge < -0.3 is 27.4 Å². The highest BCUT2D eigenvalue weighted by molar-refractivity contribution is 7.18. The largest absolute Gasteiger partial charge is 0.382 e. The normalized spacial score (nSPS) is 18.8. The predicted molar refractivity (Wildman–Crippen MR) is 77.3 cm³/mol. The third-order valence-corrected chi connectivity index (χ3v) is 4.14. The van der Waals surface area contributed by atoms with Gasteiger partial charge in [-0.1, -0.05) is 11.3 Å². The molecule has 1 aromatic rings. The van der Waals surface area contributed by atoms with Crippen LogP contribution < -0.4 is 27.4 Å². The molecule has 0 radical (unpaired) electrons. The Morgan fingerprint density at radius 1 is 1.58 bits per heavy atom. The van der Waals surface area contributed by atoms with Gasteiger partial charge in [-0.05, 0) is 19.4 Å². The first kappa shape index (κ1) is 14.0. The Bertz CT molecular complexity index is 448. The zero-order valence-electron chi connectivity index (χ0n) is 10.8. The number of hydrogen-bond acceptors (Lipinski definition) is 7. The fourth-order valence-electron chi connectivity index (χ4n) is 1.96. The number of nitrogen functional groups attached to an aromatic ring is 1. The van der Waals surface area contributed by atoms with Gasteiger partial charge in [-0.3, -0.25) is 4.79 Å². The Hall–Kier alpha value is -1.38. The van der Waals surface area contributed by atoms with E-state index in [2.05, 4.69) is 15.2 Å². The van der Waals surface area contributed by atoms with Crippen LogP contribution in [-0.4, -0.2) is 43.1 Å². The van der Waals surface area contributed by atoms with Crippen molar-refractivity contribution in [2.75, 3.05) is 36.8 Å². The maximum atomic E-state index is 11.9. The summed E-state index contributed by atoms with van der Waals surface area (Å²) >= 11 is 1.32. The molecule has 0 bridgehead atoms. The molecular weight excluding hydrogens is 264 g/mol. The molecule has 1 saturated heterocycles. The summed E-state index contributed by atoms with van der Waals surface area (Å²) in [5, 5.41) is 3.55. The first-order valence-corrected chi connectivity index (χ1v) is 7.18. The van der Waals surface area contributed by atoms with Gasteiger partial charge >= 0.3 is 0 Å². The number of amides is 1. The molecule has 0 spiro atoms. The van der Waals surface area contributed by atoms with Crippen LogP contribution in [0, 0.1) is 0 Å². The number of thiazole rings is 1. The second-order valence-electron chi connectivity index (χ2n) is 4.60. The number of nitrogens with zero attached hydrogens (tertiary/aromatic N) is 2. The molecule has 0 aromatic carbocycles. The summed E-state index contributed by atoms with van der Waals surface area (Å²) in [6, 6.07) is 0.173. The molecule has 1 fully saturated rings. The van der Waals surface area contributed by atoms with Crippen molar-refractivity contribution in [2.45, 2.75) is 18.9 Å². The molecule has 2 heterocycles. The monoisotopic (exact) mass is 284 g/mol. The molecule has 7 nitrogen and oxygen atoms in total. The number of carbonyl (C=O) groups excluding carboxylic acids is 1. The first-order chi connectivity index (χ1) is 9.11.